The Morgan fingerprint density at radius 2 is 2.04 bits per heavy atom. The van der Waals surface area contributed by atoms with E-state index in [4.69, 9.17) is 9.15 Å². The summed E-state index contributed by atoms with van der Waals surface area (Å²) in [5.41, 5.74) is 1.04. The summed E-state index contributed by atoms with van der Waals surface area (Å²) in [6, 6.07) is 10.0. The largest absolute Gasteiger partial charge is 0.439 e. The Hall–Kier alpha value is -2.18. The van der Waals surface area contributed by atoms with Crippen molar-refractivity contribution in [2.24, 2.45) is 5.92 Å². The van der Waals surface area contributed by atoms with Crippen LogP contribution in [0.3, 0.4) is 0 Å². The molecule has 1 fully saturated rings. The number of benzene rings is 1. The molecule has 152 valence electrons. The molecule has 1 aromatic heterocycles. The van der Waals surface area contributed by atoms with Crippen molar-refractivity contribution < 1.29 is 13.9 Å². The van der Waals surface area contributed by atoms with E-state index in [0.717, 1.165) is 49.6 Å². The summed E-state index contributed by atoms with van der Waals surface area (Å²) in [7, 11) is 0. The highest BCUT2D eigenvalue weighted by atomic mass is 16.5. The molecule has 0 atom stereocenters. The third kappa shape index (κ3) is 6.17. The first kappa shape index (κ1) is 20.6. The normalized spacial score (nSPS) is 15.8. The van der Waals surface area contributed by atoms with Crippen LogP contribution >= 0.6 is 0 Å². The van der Waals surface area contributed by atoms with Crippen LogP contribution in [0.2, 0.25) is 0 Å². The number of nitrogens with zero attached hydrogens (tertiary/aromatic N) is 2. The number of hydrogen-bond acceptors (Lipinski definition) is 5. The van der Waals surface area contributed by atoms with Gasteiger partial charge in [0.15, 0.2) is 5.76 Å². The number of carbonyl (C=O) groups is 1. The zero-order valence-electron chi connectivity index (χ0n) is 16.9. The van der Waals surface area contributed by atoms with Crippen molar-refractivity contribution in [3.63, 3.8) is 0 Å². The third-order valence-electron chi connectivity index (χ3n) is 5.00. The summed E-state index contributed by atoms with van der Waals surface area (Å²) in [5, 5.41) is 3.04. The molecule has 0 spiro atoms. The van der Waals surface area contributed by atoms with Gasteiger partial charge >= 0.3 is 0 Å². The zero-order chi connectivity index (χ0) is 19.8. The second kappa shape index (κ2) is 10.4. The fourth-order valence-corrected chi connectivity index (χ4v) is 3.41. The number of piperidine rings is 1. The molecular weight excluding hydrogens is 354 g/mol. The first-order valence-corrected chi connectivity index (χ1v) is 10.2. The van der Waals surface area contributed by atoms with Gasteiger partial charge in [0.2, 0.25) is 11.8 Å². The van der Waals surface area contributed by atoms with E-state index in [2.05, 4.69) is 15.2 Å². The van der Waals surface area contributed by atoms with Crippen molar-refractivity contribution in [3.8, 4) is 11.3 Å². The Kier molecular flexibility index (Phi) is 7.62. The molecule has 0 radical (unpaired) electrons. The number of nitrogens with one attached hydrogen (secondary N) is 1. The average molecular weight is 386 g/mol. The zero-order valence-corrected chi connectivity index (χ0v) is 16.9. The minimum atomic E-state index is 0.103. The first-order chi connectivity index (χ1) is 13.6. The summed E-state index contributed by atoms with van der Waals surface area (Å²) in [4.78, 5) is 19.0. The third-order valence-corrected chi connectivity index (χ3v) is 5.00. The van der Waals surface area contributed by atoms with Gasteiger partial charge in [0.1, 0.15) is 0 Å². The number of carbonyl (C=O) groups excluding carboxylic acids is 1. The lowest BCUT2D eigenvalue weighted by atomic mass is 9.96. The smallest absolute Gasteiger partial charge is 0.223 e. The molecule has 1 N–H and O–H groups in total. The van der Waals surface area contributed by atoms with Crippen LogP contribution in [-0.2, 0) is 16.1 Å². The molecule has 0 saturated carbocycles. The molecule has 6 nitrogen and oxygen atoms in total. The molecule has 1 aliphatic heterocycles. The lowest BCUT2D eigenvalue weighted by Gasteiger charge is -2.30. The number of amides is 1. The Labute approximate surface area is 167 Å². The maximum atomic E-state index is 12.3. The predicted molar refractivity (Wildman–Crippen MR) is 109 cm³/mol. The van der Waals surface area contributed by atoms with Gasteiger partial charge in [-0.3, -0.25) is 9.69 Å². The van der Waals surface area contributed by atoms with Crippen LogP contribution in [0.15, 0.2) is 40.9 Å². The average Bonchev–Trinajstić information content (AvgIpc) is 3.17. The molecule has 1 amide bonds. The monoisotopic (exact) mass is 385 g/mol. The van der Waals surface area contributed by atoms with Crippen LogP contribution in [0.25, 0.3) is 11.3 Å². The molecule has 3 rings (SSSR count). The van der Waals surface area contributed by atoms with Gasteiger partial charge in [-0.15, -0.1) is 0 Å². The lowest BCUT2D eigenvalue weighted by Crippen LogP contribution is -2.40. The number of aromatic nitrogens is 1. The lowest BCUT2D eigenvalue weighted by molar-refractivity contribution is -0.126. The number of ether oxygens (including phenoxy) is 1. The van der Waals surface area contributed by atoms with Gasteiger partial charge in [0, 0.05) is 24.6 Å². The Bertz CT molecular complexity index is 722. The van der Waals surface area contributed by atoms with E-state index in [1.54, 1.807) is 6.20 Å². The predicted octanol–water partition coefficient (Wildman–Crippen LogP) is 3.48. The number of likely N-dealkylation sites (tertiary alicyclic amines) is 1. The van der Waals surface area contributed by atoms with Crippen molar-refractivity contribution in [2.45, 2.75) is 45.8 Å². The van der Waals surface area contributed by atoms with Gasteiger partial charge in [-0.05, 0) is 46.2 Å². The van der Waals surface area contributed by atoms with Crippen LogP contribution in [0, 0.1) is 5.92 Å². The SMILES string of the molecule is CC(C)OCCCNC(=O)C1CCN(Cc2ncc(-c3ccccc3)o2)CC1. The highest BCUT2D eigenvalue weighted by Crippen LogP contribution is 2.22. The van der Waals surface area contributed by atoms with E-state index in [1.807, 2.05) is 44.2 Å². The van der Waals surface area contributed by atoms with Gasteiger partial charge in [0.05, 0.1) is 18.8 Å². The quantitative estimate of drug-likeness (QED) is 0.669. The molecule has 1 saturated heterocycles. The summed E-state index contributed by atoms with van der Waals surface area (Å²) >= 11 is 0. The van der Waals surface area contributed by atoms with E-state index < -0.39 is 0 Å². The second-order valence-corrected chi connectivity index (χ2v) is 7.60. The maximum absolute atomic E-state index is 12.3. The van der Waals surface area contributed by atoms with Gasteiger partial charge in [-0.1, -0.05) is 30.3 Å². The van der Waals surface area contributed by atoms with Gasteiger partial charge in [0.25, 0.3) is 0 Å². The Morgan fingerprint density at radius 1 is 1.29 bits per heavy atom. The summed E-state index contributed by atoms with van der Waals surface area (Å²) < 4.78 is 11.4. The van der Waals surface area contributed by atoms with Crippen LogP contribution < -0.4 is 5.32 Å². The molecule has 0 unspecified atom stereocenters. The topological polar surface area (TPSA) is 67.6 Å². The van der Waals surface area contributed by atoms with Crippen LogP contribution in [0.1, 0.15) is 39.0 Å². The van der Waals surface area contributed by atoms with Crippen LogP contribution in [0.4, 0.5) is 0 Å². The number of oxazole rings is 1. The molecule has 1 aliphatic rings. The van der Waals surface area contributed by atoms with E-state index in [-0.39, 0.29) is 17.9 Å². The number of rotatable bonds is 9. The van der Waals surface area contributed by atoms with Gasteiger partial charge in [-0.25, -0.2) is 4.98 Å². The van der Waals surface area contributed by atoms with E-state index in [9.17, 15) is 4.79 Å². The fourth-order valence-electron chi connectivity index (χ4n) is 3.41. The molecule has 1 aromatic carbocycles. The fraction of sp³-hybridized carbons (Fsp3) is 0.545. The van der Waals surface area contributed by atoms with E-state index >= 15 is 0 Å². The van der Waals surface area contributed by atoms with Crippen LogP contribution in [0.5, 0.6) is 0 Å². The maximum Gasteiger partial charge on any atom is 0.223 e. The minimum Gasteiger partial charge on any atom is -0.439 e. The minimum absolute atomic E-state index is 0.103. The van der Waals surface area contributed by atoms with Gasteiger partial charge < -0.3 is 14.5 Å². The highest BCUT2D eigenvalue weighted by Gasteiger charge is 2.25. The van der Waals surface area contributed by atoms with E-state index in [0.29, 0.717) is 19.7 Å². The van der Waals surface area contributed by atoms with Crippen molar-refractivity contribution in [3.05, 3.63) is 42.4 Å². The van der Waals surface area contributed by atoms with E-state index in [1.165, 1.54) is 0 Å². The first-order valence-electron chi connectivity index (χ1n) is 10.2. The Morgan fingerprint density at radius 3 is 2.75 bits per heavy atom. The van der Waals surface area contributed by atoms with Crippen LogP contribution in [-0.4, -0.2) is 48.1 Å². The molecule has 6 heteroatoms. The molecule has 0 aliphatic carbocycles. The molecule has 28 heavy (non-hydrogen) atoms. The molecule has 2 heterocycles. The van der Waals surface area contributed by atoms with Crippen molar-refractivity contribution in [1.29, 1.82) is 0 Å². The molecule has 2 aromatic rings. The summed E-state index contributed by atoms with van der Waals surface area (Å²) in [5.74, 6) is 1.80. The van der Waals surface area contributed by atoms with Crippen molar-refractivity contribution in [2.75, 3.05) is 26.2 Å². The second-order valence-electron chi connectivity index (χ2n) is 7.60. The summed E-state index contributed by atoms with van der Waals surface area (Å²) in [6.07, 6.45) is 4.64. The van der Waals surface area contributed by atoms with Crippen molar-refractivity contribution in [1.82, 2.24) is 15.2 Å². The molecular formula is C22H31N3O3. The summed E-state index contributed by atoms with van der Waals surface area (Å²) in [6.45, 7) is 7.88. The van der Waals surface area contributed by atoms with Gasteiger partial charge in [-0.2, -0.15) is 0 Å². The van der Waals surface area contributed by atoms with Crippen molar-refractivity contribution >= 4 is 5.91 Å². The standard InChI is InChI=1S/C22H31N3O3/c1-17(2)27-14-6-11-23-22(26)19-9-12-25(13-10-19)16-21-24-15-20(28-21)18-7-4-3-5-8-18/h3-5,7-8,15,17,19H,6,9-14,16H2,1-2H3,(H,23,26). The highest BCUT2D eigenvalue weighted by molar-refractivity contribution is 5.78. The number of hydrogen-bond donors (Lipinski definition) is 1. The Balaban J connectivity index is 1.37. The molecule has 0 bridgehead atoms.